The van der Waals surface area contributed by atoms with E-state index in [1.807, 2.05) is 38.1 Å². The summed E-state index contributed by atoms with van der Waals surface area (Å²) in [6.45, 7) is 11.2. The molecule has 1 saturated heterocycles. The molecule has 1 heterocycles. The van der Waals surface area contributed by atoms with E-state index in [1.54, 1.807) is 0 Å². The van der Waals surface area contributed by atoms with E-state index in [1.165, 1.54) is 5.56 Å². The summed E-state index contributed by atoms with van der Waals surface area (Å²) >= 11 is 0. The minimum atomic E-state index is -0.501. The topological polar surface area (TPSA) is 61.8 Å². The first-order chi connectivity index (χ1) is 11.9. The van der Waals surface area contributed by atoms with Gasteiger partial charge in [-0.05, 0) is 37.5 Å². The van der Waals surface area contributed by atoms with E-state index in [0.29, 0.717) is 12.1 Å². The predicted octanol–water partition coefficient (Wildman–Crippen LogP) is 2.43. The number of hydrogen-bond acceptors (Lipinski definition) is 4. The SMILES string of the molecule is CCC(C)C(O)CNC(=O)c1ccc(CN2CC(C)OC(C)C2)cc1. The Kier molecular flexibility index (Phi) is 7.41. The average Bonchev–Trinajstić information content (AvgIpc) is 2.58. The third kappa shape index (κ3) is 6.10. The molecule has 0 aromatic heterocycles. The van der Waals surface area contributed by atoms with Crippen molar-refractivity contribution in [3.63, 3.8) is 0 Å². The molecular formula is C20H32N2O3. The van der Waals surface area contributed by atoms with Gasteiger partial charge in [0.15, 0.2) is 0 Å². The lowest BCUT2D eigenvalue weighted by Gasteiger charge is -2.35. The number of nitrogens with zero attached hydrogens (tertiary/aromatic N) is 1. The predicted molar refractivity (Wildman–Crippen MR) is 99.5 cm³/mol. The molecule has 5 heteroatoms. The second-order valence-electron chi connectivity index (χ2n) is 7.31. The lowest BCUT2D eigenvalue weighted by Crippen LogP contribution is -2.44. The van der Waals surface area contributed by atoms with E-state index >= 15 is 0 Å². The van der Waals surface area contributed by atoms with E-state index in [4.69, 9.17) is 4.74 Å². The zero-order valence-electron chi connectivity index (χ0n) is 15.9. The highest BCUT2D eigenvalue weighted by Crippen LogP contribution is 2.15. The average molecular weight is 348 g/mol. The maximum atomic E-state index is 12.2. The van der Waals surface area contributed by atoms with Crippen LogP contribution in [0.4, 0.5) is 0 Å². The van der Waals surface area contributed by atoms with Crippen LogP contribution >= 0.6 is 0 Å². The molecule has 1 aromatic rings. The molecule has 4 atom stereocenters. The van der Waals surface area contributed by atoms with Gasteiger partial charge in [-0.25, -0.2) is 0 Å². The maximum absolute atomic E-state index is 12.2. The van der Waals surface area contributed by atoms with Gasteiger partial charge in [-0.1, -0.05) is 32.4 Å². The standard InChI is InChI=1S/C20H32N2O3/c1-5-14(2)19(23)10-21-20(24)18-8-6-17(7-9-18)13-22-11-15(3)25-16(4)12-22/h6-9,14-16,19,23H,5,10-13H2,1-4H3,(H,21,24). The number of carbonyl (C=O) groups is 1. The second kappa shape index (κ2) is 9.32. The van der Waals surface area contributed by atoms with Gasteiger partial charge in [-0.15, -0.1) is 0 Å². The van der Waals surface area contributed by atoms with Crippen molar-refractivity contribution in [3.05, 3.63) is 35.4 Å². The highest BCUT2D eigenvalue weighted by Gasteiger charge is 2.22. The van der Waals surface area contributed by atoms with Gasteiger partial charge >= 0.3 is 0 Å². The van der Waals surface area contributed by atoms with Crippen molar-refractivity contribution in [2.75, 3.05) is 19.6 Å². The molecule has 1 aliphatic heterocycles. The number of benzene rings is 1. The Morgan fingerprint density at radius 2 is 1.88 bits per heavy atom. The number of aliphatic hydroxyl groups is 1. The molecule has 2 rings (SSSR count). The summed E-state index contributed by atoms with van der Waals surface area (Å²) in [6.07, 6.45) is 0.903. The largest absolute Gasteiger partial charge is 0.391 e. The number of ether oxygens (including phenoxy) is 1. The minimum absolute atomic E-state index is 0.137. The molecule has 0 bridgehead atoms. The number of amides is 1. The van der Waals surface area contributed by atoms with Crippen LogP contribution < -0.4 is 5.32 Å². The van der Waals surface area contributed by atoms with Crippen LogP contribution in [-0.2, 0) is 11.3 Å². The van der Waals surface area contributed by atoms with Crippen molar-refractivity contribution in [1.29, 1.82) is 0 Å². The highest BCUT2D eigenvalue weighted by atomic mass is 16.5. The highest BCUT2D eigenvalue weighted by molar-refractivity contribution is 5.94. The normalized spacial score (nSPS) is 23.9. The number of hydrogen-bond donors (Lipinski definition) is 2. The minimum Gasteiger partial charge on any atom is -0.391 e. The third-order valence-electron chi connectivity index (χ3n) is 4.89. The molecule has 0 aliphatic carbocycles. The van der Waals surface area contributed by atoms with E-state index in [0.717, 1.165) is 26.1 Å². The number of rotatable bonds is 7. The maximum Gasteiger partial charge on any atom is 0.251 e. The van der Waals surface area contributed by atoms with Crippen LogP contribution in [0.2, 0.25) is 0 Å². The number of morpholine rings is 1. The van der Waals surface area contributed by atoms with E-state index in [9.17, 15) is 9.90 Å². The summed E-state index contributed by atoms with van der Waals surface area (Å²) in [5, 5.41) is 12.8. The van der Waals surface area contributed by atoms with Crippen LogP contribution in [0.15, 0.2) is 24.3 Å². The summed E-state index contributed by atoms with van der Waals surface area (Å²) in [6, 6.07) is 7.72. The smallest absolute Gasteiger partial charge is 0.251 e. The molecule has 4 unspecified atom stereocenters. The van der Waals surface area contributed by atoms with E-state index in [2.05, 4.69) is 24.1 Å². The molecule has 2 N–H and O–H groups in total. The zero-order chi connectivity index (χ0) is 18.4. The van der Waals surface area contributed by atoms with Gasteiger partial charge in [-0.3, -0.25) is 9.69 Å². The number of nitrogens with one attached hydrogen (secondary N) is 1. The first-order valence-corrected chi connectivity index (χ1v) is 9.32. The van der Waals surface area contributed by atoms with Crippen LogP contribution in [0.1, 0.15) is 50.0 Å². The van der Waals surface area contributed by atoms with Crippen molar-refractivity contribution < 1.29 is 14.6 Å². The zero-order valence-corrected chi connectivity index (χ0v) is 15.9. The van der Waals surface area contributed by atoms with Gasteiger partial charge in [0.1, 0.15) is 0 Å². The van der Waals surface area contributed by atoms with Crippen LogP contribution in [0.3, 0.4) is 0 Å². The van der Waals surface area contributed by atoms with Crippen molar-refractivity contribution in [2.24, 2.45) is 5.92 Å². The molecule has 1 aromatic carbocycles. The molecule has 0 spiro atoms. The second-order valence-corrected chi connectivity index (χ2v) is 7.31. The number of aliphatic hydroxyl groups excluding tert-OH is 1. The fourth-order valence-electron chi connectivity index (χ4n) is 3.21. The molecule has 1 fully saturated rings. The monoisotopic (exact) mass is 348 g/mol. The lowest BCUT2D eigenvalue weighted by atomic mass is 10.0. The van der Waals surface area contributed by atoms with Crippen LogP contribution in [0, 0.1) is 5.92 Å². The Balaban J connectivity index is 1.85. The number of carbonyl (C=O) groups excluding carboxylic acids is 1. The quantitative estimate of drug-likeness (QED) is 0.794. The van der Waals surface area contributed by atoms with Crippen LogP contribution in [-0.4, -0.2) is 53.9 Å². The van der Waals surface area contributed by atoms with Gasteiger partial charge in [0.2, 0.25) is 0 Å². The Morgan fingerprint density at radius 3 is 2.44 bits per heavy atom. The summed E-state index contributed by atoms with van der Waals surface area (Å²) in [7, 11) is 0. The van der Waals surface area contributed by atoms with Crippen LogP contribution in [0.5, 0.6) is 0 Å². The molecule has 1 amide bonds. The first-order valence-electron chi connectivity index (χ1n) is 9.32. The molecule has 1 aliphatic rings. The molecule has 25 heavy (non-hydrogen) atoms. The summed E-state index contributed by atoms with van der Waals surface area (Å²) < 4.78 is 5.76. The molecular weight excluding hydrogens is 316 g/mol. The Hall–Kier alpha value is -1.43. The van der Waals surface area contributed by atoms with Crippen molar-refractivity contribution in [3.8, 4) is 0 Å². The van der Waals surface area contributed by atoms with Crippen LogP contribution in [0.25, 0.3) is 0 Å². The van der Waals surface area contributed by atoms with Crippen molar-refractivity contribution in [1.82, 2.24) is 10.2 Å². The van der Waals surface area contributed by atoms with Gasteiger partial charge in [-0.2, -0.15) is 0 Å². The van der Waals surface area contributed by atoms with Gasteiger partial charge in [0.25, 0.3) is 5.91 Å². The molecule has 0 radical (unpaired) electrons. The summed E-state index contributed by atoms with van der Waals surface area (Å²) in [5.41, 5.74) is 1.82. The fourth-order valence-corrected chi connectivity index (χ4v) is 3.21. The Labute approximate surface area is 151 Å². The van der Waals surface area contributed by atoms with E-state index < -0.39 is 6.10 Å². The molecule has 5 nitrogen and oxygen atoms in total. The van der Waals surface area contributed by atoms with Gasteiger partial charge in [0, 0.05) is 31.7 Å². The van der Waals surface area contributed by atoms with Gasteiger partial charge < -0.3 is 15.2 Å². The first kappa shape index (κ1) is 19.9. The Bertz CT molecular complexity index is 536. The Morgan fingerprint density at radius 1 is 1.28 bits per heavy atom. The molecule has 140 valence electrons. The third-order valence-corrected chi connectivity index (χ3v) is 4.89. The fraction of sp³-hybridized carbons (Fsp3) is 0.650. The summed E-state index contributed by atoms with van der Waals surface area (Å²) in [4.78, 5) is 14.6. The van der Waals surface area contributed by atoms with E-state index in [-0.39, 0.29) is 24.0 Å². The van der Waals surface area contributed by atoms with Crippen molar-refractivity contribution in [2.45, 2.75) is 59.0 Å². The van der Waals surface area contributed by atoms with Crippen molar-refractivity contribution >= 4 is 5.91 Å². The van der Waals surface area contributed by atoms with Gasteiger partial charge in [0.05, 0.1) is 18.3 Å². The lowest BCUT2D eigenvalue weighted by molar-refractivity contribution is -0.0704. The summed E-state index contributed by atoms with van der Waals surface area (Å²) in [5.74, 6) is 0.0449. The molecule has 0 saturated carbocycles.